The number of aromatic hydroxyl groups is 1. The topological polar surface area (TPSA) is 159 Å². The van der Waals surface area contributed by atoms with E-state index < -0.39 is 35.9 Å². The van der Waals surface area contributed by atoms with Gasteiger partial charge in [-0.1, -0.05) is 12.1 Å². The van der Waals surface area contributed by atoms with Crippen LogP contribution in [0.25, 0.3) is 0 Å². The number of aliphatic carboxylic acids is 1. The first-order valence-corrected chi connectivity index (χ1v) is 8.82. The third-order valence-corrected chi connectivity index (χ3v) is 4.10. The Labute approximate surface area is 161 Å². The molecule has 1 aromatic carbocycles. The van der Waals surface area contributed by atoms with E-state index in [9.17, 15) is 24.3 Å². The van der Waals surface area contributed by atoms with Crippen molar-refractivity contribution in [3.8, 4) is 5.75 Å². The van der Waals surface area contributed by atoms with Gasteiger partial charge in [-0.25, -0.2) is 0 Å². The maximum Gasteiger partial charge on any atom is 0.303 e. The maximum absolute atomic E-state index is 12.5. The van der Waals surface area contributed by atoms with Crippen LogP contribution in [0.15, 0.2) is 24.3 Å². The third-order valence-electron chi connectivity index (χ3n) is 3.70. The molecule has 6 N–H and O–H groups in total. The molecule has 0 saturated carbocycles. The van der Waals surface area contributed by atoms with E-state index in [1.165, 1.54) is 12.1 Å². The Morgan fingerprint density at radius 2 is 1.78 bits per heavy atom. The van der Waals surface area contributed by atoms with Crippen LogP contribution >= 0.6 is 12.6 Å². The fraction of sp³-hybridized carbons (Fsp3) is 0.412. The third kappa shape index (κ3) is 8.09. The van der Waals surface area contributed by atoms with Crippen molar-refractivity contribution >= 4 is 36.7 Å². The van der Waals surface area contributed by atoms with Crippen LogP contribution < -0.4 is 16.4 Å². The first kappa shape index (κ1) is 22.5. The highest BCUT2D eigenvalue weighted by molar-refractivity contribution is 7.80. The first-order chi connectivity index (χ1) is 12.8. The summed E-state index contributed by atoms with van der Waals surface area (Å²) in [5.74, 6) is -2.20. The van der Waals surface area contributed by atoms with E-state index in [0.717, 1.165) is 0 Å². The predicted molar refractivity (Wildman–Crippen MR) is 100 cm³/mol. The van der Waals surface area contributed by atoms with Crippen molar-refractivity contribution in [2.45, 2.75) is 37.4 Å². The molecule has 10 heteroatoms. The number of hydrogen-bond donors (Lipinski definition) is 6. The Bertz CT molecular complexity index is 667. The lowest BCUT2D eigenvalue weighted by molar-refractivity contribution is -0.137. The van der Waals surface area contributed by atoms with Gasteiger partial charge in [0.1, 0.15) is 18.1 Å². The summed E-state index contributed by atoms with van der Waals surface area (Å²) in [6.07, 6.45) is 0.172. The second kappa shape index (κ2) is 11.2. The highest BCUT2D eigenvalue weighted by Gasteiger charge is 2.25. The van der Waals surface area contributed by atoms with Crippen LogP contribution in [-0.4, -0.2) is 58.2 Å². The zero-order valence-corrected chi connectivity index (χ0v) is 15.4. The van der Waals surface area contributed by atoms with Crippen LogP contribution in [0.2, 0.25) is 0 Å². The molecular weight excluding hydrogens is 374 g/mol. The summed E-state index contributed by atoms with van der Waals surface area (Å²) in [4.78, 5) is 46.3. The number of rotatable bonds is 11. The first-order valence-electron chi connectivity index (χ1n) is 8.19. The predicted octanol–water partition coefficient (Wildman–Crippen LogP) is -0.775. The summed E-state index contributed by atoms with van der Waals surface area (Å²) in [6.45, 7) is 0. The fourth-order valence-corrected chi connectivity index (χ4v) is 2.34. The SMILES string of the molecule is N[C@@H](CS)C(=O)N[C@@H](Cc1ccc(O)cc1)C(=O)N[C@H](C=O)CCC(=O)O. The quantitative estimate of drug-likeness (QED) is 0.211. The van der Waals surface area contributed by atoms with Crippen molar-refractivity contribution in [3.05, 3.63) is 29.8 Å². The molecule has 0 unspecified atom stereocenters. The largest absolute Gasteiger partial charge is 0.508 e. The van der Waals surface area contributed by atoms with E-state index in [-0.39, 0.29) is 30.8 Å². The van der Waals surface area contributed by atoms with Gasteiger partial charge < -0.3 is 31.4 Å². The van der Waals surface area contributed by atoms with Crippen LogP contribution in [-0.2, 0) is 25.6 Å². The number of thiol groups is 1. The highest BCUT2D eigenvalue weighted by atomic mass is 32.1. The molecule has 2 amide bonds. The number of hydrogen-bond acceptors (Lipinski definition) is 7. The minimum Gasteiger partial charge on any atom is -0.508 e. The Kier molecular flexibility index (Phi) is 9.31. The van der Waals surface area contributed by atoms with Crippen molar-refractivity contribution in [1.29, 1.82) is 0 Å². The number of phenols is 1. The minimum atomic E-state index is -1.09. The molecule has 0 saturated heterocycles. The summed E-state index contributed by atoms with van der Waals surface area (Å²) in [7, 11) is 0. The summed E-state index contributed by atoms with van der Waals surface area (Å²) >= 11 is 3.94. The van der Waals surface area contributed by atoms with Crippen LogP contribution in [0, 0.1) is 0 Å². The van der Waals surface area contributed by atoms with Crippen LogP contribution in [0.3, 0.4) is 0 Å². The zero-order chi connectivity index (χ0) is 20.4. The fourth-order valence-electron chi connectivity index (χ4n) is 2.18. The highest BCUT2D eigenvalue weighted by Crippen LogP contribution is 2.12. The number of carboxylic acids is 1. The summed E-state index contributed by atoms with van der Waals surface area (Å²) < 4.78 is 0. The maximum atomic E-state index is 12.5. The molecule has 0 spiro atoms. The van der Waals surface area contributed by atoms with Crippen molar-refractivity contribution in [2.24, 2.45) is 5.73 Å². The molecule has 3 atom stereocenters. The lowest BCUT2D eigenvalue weighted by atomic mass is 10.0. The number of phenolic OH excluding ortho intramolecular Hbond substituents is 1. The Balaban J connectivity index is 2.88. The van der Waals surface area contributed by atoms with Gasteiger partial charge in [0.15, 0.2) is 0 Å². The standard InChI is InChI=1S/C17H23N3O6S/c18-13(9-27)16(25)20-14(7-10-1-4-12(22)5-2-10)17(26)19-11(8-21)3-6-15(23)24/h1-2,4-5,8,11,13-14,22,27H,3,6-7,9,18H2,(H,19,26)(H,20,25)(H,23,24)/t11-,13-,14-/m0/s1. The van der Waals surface area contributed by atoms with Gasteiger partial charge in [0.2, 0.25) is 11.8 Å². The van der Waals surface area contributed by atoms with Gasteiger partial charge in [0, 0.05) is 18.6 Å². The van der Waals surface area contributed by atoms with Gasteiger partial charge in [0.05, 0.1) is 12.1 Å². The van der Waals surface area contributed by atoms with Crippen molar-refractivity contribution < 1.29 is 29.4 Å². The number of benzene rings is 1. The molecule has 148 valence electrons. The Hall–Kier alpha value is -2.59. The lowest BCUT2D eigenvalue weighted by Gasteiger charge is -2.22. The summed E-state index contributed by atoms with van der Waals surface area (Å²) in [5, 5.41) is 23.0. The van der Waals surface area contributed by atoms with E-state index in [1.54, 1.807) is 12.1 Å². The van der Waals surface area contributed by atoms with Crippen LogP contribution in [0.1, 0.15) is 18.4 Å². The number of nitrogens with two attached hydrogens (primary N) is 1. The van der Waals surface area contributed by atoms with E-state index in [2.05, 4.69) is 23.3 Å². The molecule has 0 bridgehead atoms. The molecule has 0 aromatic heterocycles. The van der Waals surface area contributed by atoms with Crippen molar-refractivity contribution in [1.82, 2.24) is 10.6 Å². The molecule has 0 aliphatic rings. The second-order valence-corrected chi connectivity index (χ2v) is 6.27. The molecule has 0 heterocycles. The van der Waals surface area contributed by atoms with Crippen LogP contribution in [0.4, 0.5) is 0 Å². The van der Waals surface area contributed by atoms with Gasteiger partial charge in [-0.3, -0.25) is 14.4 Å². The van der Waals surface area contributed by atoms with Crippen molar-refractivity contribution in [3.63, 3.8) is 0 Å². The van der Waals surface area contributed by atoms with Gasteiger partial charge in [0.25, 0.3) is 0 Å². The average molecular weight is 397 g/mol. The minimum absolute atomic E-state index is 0.0515. The van der Waals surface area contributed by atoms with E-state index in [0.29, 0.717) is 11.8 Å². The van der Waals surface area contributed by atoms with Crippen LogP contribution in [0.5, 0.6) is 5.75 Å². The van der Waals surface area contributed by atoms with Gasteiger partial charge in [-0.2, -0.15) is 12.6 Å². The number of aldehydes is 1. The molecule has 1 aromatic rings. The second-order valence-electron chi connectivity index (χ2n) is 5.90. The lowest BCUT2D eigenvalue weighted by Crippen LogP contribution is -2.54. The number of amides is 2. The van der Waals surface area contributed by atoms with E-state index >= 15 is 0 Å². The summed E-state index contributed by atoms with van der Waals surface area (Å²) in [6, 6.07) is 3.09. The molecule has 0 aliphatic carbocycles. The van der Waals surface area contributed by atoms with Crippen molar-refractivity contribution in [2.75, 3.05) is 5.75 Å². The molecule has 27 heavy (non-hydrogen) atoms. The molecule has 1 rings (SSSR count). The molecule has 0 radical (unpaired) electrons. The average Bonchev–Trinajstić information content (AvgIpc) is 2.64. The van der Waals surface area contributed by atoms with Gasteiger partial charge in [-0.15, -0.1) is 0 Å². The number of carbonyl (C=O) groups is 4. The van der Waals surface area contributed by atoms with E-state index in [1.807, 2.05) is 0 Å². The zero-order valence-electron chi connectivity index (χ0n) is 14.5. The van der Waals surface area contributed by atoms with E-state index in [4.69, 9.17) is 10.8 Å². The molecule has 0 fully saturated rings. The number of nitrogens with one attached hydrogen (secondary N) is 2. The molecule has 0 aliphatic heterocycles. The summed E-state index contributed by atoms with van der Waals surface area (Å²) in [5.41, 5.74) is 6.27. The molecular formula is C17H23N3O6S. The normalized spacial score (nSPS) is 13.9. The van der Waals surface area contributed by atoms with Gasteiger partial charge >= 0.3 is 5.97 Å². The Morgan fingerprint density at radius 1 is 1.15 bits per heavy atom. The monoisotopic (exact) mass is 397 g/mol. The number of carbonyl (C=O) groups excluding carboxylic acids is 3. The smallest absolute Gasteiger partial charge is 0.303 e. The van der Waals surface area contributed by atoms with Gasteiger partial charge in [-0.05, 0) is 24.1 Å². The molecule has 9 nitrogen and oxygen atoms in total. The Morgan fingerprint density at radius 3 is 2.30 bits per heavy atom. The number of carboxylic acid groups (broad SMARTS) is 1.